The normalized spacial score (nSPS) is 12.2. The van der Waals surface area contributed by atoms with Crippen LogP contribution in [0.4, 0.5) is 21.0 Å². The maximum absolute atomic E-state index is 13.0. The van der Waals surface area contributed by atoms with Gasteiger partial charge in [-0.1, -0.05) is 26.0 Å². The van der Waals surface area contributed by atoms with Gasteiger partial charge in [-0.2, -0.15) is 0 Å². The van der Waals surface area contributed by atoms with Gasteiger partial charge >= 0.3 is 12.2 Å². The van der Waals surface area contributed by atoms with Gasteiger partial charge in [-0.05, 0) is 48.6 Å². The number of carbonyl (C=O) groups excluding carboxylic acids is 4. The number of hydrogen-bond acceptors (Lipinski definition) is 9. The van der Waals surface area contributed by atoms with Crippen LogP contribution in [0.2, 0.25) is 0 Å². The van der Waals surface area contributed by atoms with Gasteiger partial charge in [0.1, 0.15) is 12.4 Å². The third-order valence-electron chi connectivity index (χ3n) is 5.76. The molecule has 1 unspecified atom stereocenters. The number of ketones is 1. The van der Waals surface area contributed by atoms with Crippen molar-refractivity contribution in [3.63, 3.8) is 0 Å². The number of benzene rings is 2. The lowest BCUT2D eigenvalue weighted by Crippen LogP contribution is -2.38. The van der Waals surface area contributed by atoms with E-state index in [1.54, 1.807) is 24.3 Å². The van der Waals surface area contributed by atoms with Crippen molar-refractivity contribution in [2.45, 2.75) is 45.8 Å². The Balaban J connectivity index is 1.91. The van der Waals surface area contributed by atoms with Crippen LogP contribution in [0.1, 0.15) is 38.7 Å². The molecule has 0 radical (unpaired) electrons. The van der Waals surface area contributed by atoms with Crippen molar-refractivity contribution in [1.29, 1.82) is 0 Å². The van der Waals surface area contributed by atoms with Gasteiger partial charge in [0.15, 0.2) is 5.78 Å². The van der Waals surface area contributed by atoms with E-state index in [0.29, 0.717) is 24.1 Å². The number of nitro groups is 1. The standard InChI is InChI=1S/C26H33N5O8/c1-16(2)23(27)22(32)14-18(4-3-13-29-25(28)34)24(33)30-19-7-5-17(6-8-19)15-38-26(35)39-21-11-9-20(10-12-21)31(36)37/h5-12,16,18,23H,3-4,13-15,27H2,1-2H3,(H,30,33)(H3,28,29,34)/t18-,23?/m1/s1. The lowest BCUT2D eigenvalue weighted by atomic mass is 9.90. The second-order valence-corrected chi connectivity index (χ2v) is 9.15. The number of primary amides is 1. The third-order valence-corrected chi connectivity index (χ3v) is 5.76. The van der Waals surface area contributed by atoms with Crippen LogP contribution in [-0.4, -0.2) is 41.4 Å². The van der Waals surface area contributed by atoms with E-state index in [0.717, 1.165) is 0 Å². The van der Waals surface area contributed by atoms with Gasteiger partial charge in [-0.15, -0.1) is 0 Å². The minimum Gasteiger partial charge on any atom is -0.429 e. The van der Waals surface area contributed by atoms with E-state index < -0.39 is 29.1 Å². The van der Waals surface area contributed by atoms with Crippen LogP contribution >= 0.6 is 0 Å². The molecule has 6 N–H and O–H groups in total. The van der Waals surface area contributed by atoms with E-state index in [4.69, 9.17) is 20.9 Å². The number of non-ortho nitro benzene ring substituents is 1. The summed E-state index contributed by atoms with van der Waals surface area (Å²) in [5, 5.41) is 15.9. The van der Waals surface area contributed by atoms with Crippen LogP contribution < -0.4 is 26.8 Å². The summed E-state index contributed by atoms with van der Waals surface area (Å²) < 4.78 is 10.0. The summed E-state index contributed by atoms with van der Waals surface area (Å²) in [5.41, 5.74) is 12.0. The number of urea groups is 1. The topological polar surface area (TPSA) is 206 Å². The predicted octanol–water partition coefficient (Wildman–Crippen LogP) is 3.26. The number of nitrogens with zero attached hydrogens (tertiary/aromatic N) is 1. The summed E-state index contributed by atoms with van der Waals surface area (Å²) in [6.45, 7) is 3.81. The highest BCUT2D eigenvalue weighted by molar-refractivity contribution is 5.96. The maximum Gasteiger partial charge on any atom is 0.514 e. The van der Waals surface area contributed by atoms with Crippen molar-refractivity contribution in [2.24, 2.45) is 23.3 Å². The fourth-order valence-corrected chi connectivity index (χ4v) is 3.47. The molecule has 3 amide bonds. The number of rotatable bonds is 14. The fraction of sp³-hybridized carbons (Fsp3) is 0.385. The zero-order valence-electron chi connectivity index (χ0n) is 21.8. The van der Waals surface area contributed by atoms with Gasteiger partial charge in [-0.25, -0.2) is 9.59 Å². The fourth-order valence-electron chi connectivity index (χ4n) is 3.47. The molecule has 13 heteroatoms. The monoisotopic (exact) mass is 543 g/mol. The number of nitrogens with two attached hydrogens (primary N) is 2. The summed E-state index contributed by atoms with van der Waals surface area (Å²) in [5.74, 6) is -1.22. The summed E-state index contributed by atoms with van der Waals surface area (Å²) in [4.78, 5) is 58.4. The van der Waals surface area contributed by atoms with Crippen LogP contribution in [0.3, 0.4) is 0 Å². The van der Waals surface area contributed by atoms with E-state index in [9.17, 15) is 29.3 Å². The van der Waals surface area contributed by atoms with Gasteiger partial charge in [0.05, 0.1) is 11.0 Å². The van der Waals surface area contributed by atoms with Crippen LogP contribution in [0.15, 0.2) is 48.5 Å². The summed E-state index contributed by atoms with van der Waals surface area (Å²) >= 11 is 0. The molecule has 13 nitrogen and oxygen atoms in total. The van der Waals surface area contributed by atoms with Crippen LogP contribution in [0.5, 0.6) is 5.75 Å². The number of nitro benzene ring substituents is 1. The molecule has 0 aromatic heterocycles. The quantitative estimate of drug-likeness (QED) is 0.0905. The second-order valence-electron chi connectivity index (χ2n) is 9.15. The third kappa shape index (κ3) is 10.8. The first-order chi connectivity index (χ1) is 18.5. The molecule has 2 aromatic carbocycles. The number of carbonyl (C=O) groups is 4. The Morgan fingerprint density at radius 2 is 1.67 bits per heavy atom. The molecule has 0 bridgehead atoms. The lowest BCUT2D eigenvalue weighted by molar-refractivity contribution is -0.384. The molecule has 0 aliphatic carbocycles. The highest BCUT2D eigenvalue weighted by Gasteiger charge is 2.26. The lowest BCUT2D eigenvalue weighted by Gasteiger charge is -2.20. The number of Topliss-reactive ketones (excluding diaryl/α,β-unsaturated/α-hetero) is 1. The maximum atomic E-state index is 13.0. The highest BCUT2D eigenvalue weighted by Crippen LogP contribution is 2.20. The zero-order chi connectivity index (χ0) is 28.9. The second kappa shape index (κ2) is 15.0. The minimum absolute atomic E-state index is 0.0372. The molecule has 0 heterocycles. The van der Waals surface area contributed by atoms with Crippen molar-refractivity contribution in [1.82, 2.24) is 5.32 Å². The van der Waals surface area contributed by atoms with Gasteiger partial charge in [0.2, 0.25) is 5.91 Å². The molecule has 0 saturated heterocycles. The Morgan fingerprint density at radius 3 is 2.23 bits per heavy atom. The number of amides is 3. The van der Waals surface area contributed by atoms with Crippen molar-refractivity contribution in [2.75, 3.05) is 11.9 Å². The Hall–Kier alpha value is -4.52. The Kier molecular flexibility index (Phi) is 11.8. The highest BCUT2D eigenvalue weighted by atomic mass is 16.7. The molecule has 2 atom stereocenters. The number of hydrogen-bond donors (Lipinski definition) is 4. The number of anilines is 1. The number of nitrogens with one attached hydrogen (secondary N) is 2. The van der Waals surface area contributed by atoms with Crippen LogP contribution in [0, 0.1) is 22.0 Å². The molecular formula is C26H33N5O8. The first-order valence-corrected chi connectivity index (χ1v) is 12.3. The molecule has 0 fully saturated rings. The minimum atomic E-state index is -0.987. The first-order valence-electron chi connectivity index (χ1n) is 12.3. The van der Waals surface area contributed by atoms with Crippen molar-refractivity contribution >= 4 is 35.3 Å². The van der Waals surface area contributed by atoms with Gasteiger partial charge in [0.25, 0.3) is 5.69 Å². The van der Waals surface area contributed by atoms with Crippen LogP contribution in [-0.2, 0) is 20.9 Å². The molecule has 0 aliphatic rings. The largest absolute Gasteiger partial charge is 0.514 e. The molecule has 210 valence electrons. The smallest absolute Gasteiger partial charge is 0.429 e. The predicted molar refractivity (Wildman–Crippen MR) is 142 cm³/mol. The molecule has 2 rings (SSSR count). The first kappa shape index (κ1) is 30.7. The summed E-state index contributed by atoms with van der Waals surface area (Å²) in [6.07, 6.45) is -0.243. The average molecular weight is 544 g/mol. The SMILES string of the molecule is CC(C)C(N)C(=O)C[C@@H](CCCNC(N)=O)C(=O)Nc1ccc(COC(=O)Oc2ccc([N+](=O)[O-])cc2)cc1. The molecule has 39 heavy (non-hydrogen) atoms. The van der Waals surface area contributed by atoms with Gasteiger partial charge in [-0.3, -0.25) is 19.7 Å². The summed E-state index contributed by atoms with van der Waals surface area (Å²) in [7, 11) is 0. The van der Waals surface area contributed by atoms with Crippen molar-refractivity contribution in [3.8, 4) is 5.75 Å². The Labute approximate surface area is 225 Å². The van der Waals surface area contributed by atoms with E-state index in [1.165, 1.54) is 24.3 Å². The van der Waals surface area contributed by atoms with Gasteiger partial charge < -0.3 is 31.6 Å². The molecular weight excluding hydrogens is 510 g/mol. The molecule has 0 aliphatic heterocycles. The zero-order valence-corrected chi connectivity index (χ0v) is 21.8. The van der Waals surface area contributed by atoms with E-state index in [1.807, 2.05) is 13.8 Å². The van der Waals surface area contributed by atoms with E-state index in [2.05, 4.69) is 10.6 Å². The van der Waals surface area contributed by atoms with Gasteiger partial charge in [0, 0.05) is 36.7 Å². The molecule has 0 spiro atoms. The Morgan fingerprint density at radius 1 is 1.03 bits per heavy atom. The number of ether oxygens (including phenoxy) is 2. The average Bonchev–Trinajstić information content (AvgIpc) is 2.89. The molecule has 2 aromatic rings. The van der Waals surface area contributed by atoms with E-state index in [-0.39, 0.29) is 48.6 Å². The Bertz CT molecular complexity index is 1150. The van der Waals surface area contributed by atoms with E-state index >= 15 is 0 Å². The van der Waals surface area contributed by atoms with Crippen LogP contribution in [0.25, 0.3) is 0 Å². The summed E-state index contributed by atoms with van der Waals surface area (Å²) in [6, 6.07) is 10.1. The van der Waals surface area contributed by atoms with Crippen molar-refractivity contribution < 1.29 is 33.6 Å². The van der Waals surface area contributed by atoms with Crippen molar-refractivity contribution in [3.05, 3.63) is 64.2 Å². The molecule has 0 saturated carbocycles.